The van der Waals surface area contributed by atoms with E-state index in [0.717, 1.165) is 24.1 Å². The Morgan fingerprint density at radius 3 is 2.57 bits per heavy atom. The summed E-state index contributed by atoms with van der Waals surface area (Å²) in [4.78, 5) is 1.24. The molecule has 1 aromatic rings. The standard InChI is InChI=1S/C15H23F3N2O/c1-4-7-19-9-12-5-6-14(21-3)13(8-12)10-20(2)11-15(16,17)18/h5-6,8,19H,4,7,9-11H2,1-3H3. The largest absolute Gasteiger partial charge is 0.496 e. The number of nitrogens with one attached hydrogen (secondary N) is 1. The highest BCUT2D eigenvalue weighted by Crippen LogP contribution is 2.23. The Morgan fingerprint density at radius 1 is 1.29 bits per heavy atom. The molecule has 1 rings (SSSR count). The molecule has 0 saturated carbocycles. The van der Waals surface area contributed by atoms with Crippen LogP contribution in [0.3, 0.4) is 0 Å². The molecule has 0 spiro atoms. The SMILES string of the molecule is CCCNCc1ccc(OC)c(CN(C)CC(F)(F)F)c1. The van der Waals surface area contributed by atoms with Crippen LogP contribution in [0.25, 0.3) is 0 Å². The molecule has 1 N–H and O–H groups in total. The van der Waals surface area contributed by atoms with Crippen molar-refractivity contribution in [2.45, 2.75) is 32.6 Å². The van der Waals surface area contributed by atoms with E-state index in [1.807, 2.05) is 12.1 Å². The minimum absolute atomic E-state index is 0.199. The van der Waals surface area contributed by atoms with E-state index in [0.29, 0.717) is 12.3 Å². The van der Waals surface area contributed by atoms with E-state index in [1.54, 1.807) is 6.07 Å². The Morgan fingerprint density at radius 2 is 2.00 bits per heavy atom. The van der Waals surface area contributed by atoms with Gasteiger partial charge in [-0.2, -0.15) is 13.2 Å². The minimum atomic E-state index is -4.19. The molecule has 0 radical (unpaired) electrons. The summed E-state index contributed by atoms with van der Waals surface area (Å²) < 4.78 is 42.4. The first kappa shape index (κ1) is 17.8. The lowest BCUT2D eigenvalue weighted by Gasteiger charge is -2.20. The van der Waals surface area contributed by atoms with E-state index in [4.69, 9.17) is 4.74 Å². The quantitative estimate of drug-likeness (QED) is 0.747. The van der Waals surface area contributed by atoms with Gasteiger partial charge in [-0.3, -0.25) is 4.90 Å². The molecule has 0 fully saturated rings. The monoisotopic (exact) mass is 304 g/mol. The Labute approximate surface area is 124 Å². The van der Waals surface area contributed by atoms with Gasteiger partial charge in [0.05, 0.1) is 13.7 Å². The van der Waals surface area contributed by atoms with Crippen molar-refractivity contribution in [1.29, 1.82) is 0 Å². The smallest absolute Gasteiger partial charge is 0.401 e. The molecule has 1 aromatic carbocycles. The fourth-order valence-corrected chi connectivity index (χ4v) is 2.13. The second-order valence-corrected chi connectivity index (χ2v) is 5.11. The van der Waals surface area contributed by atoms with Crippen LogP contribution >= 0.6 is 0 Å². The minimum Gasteiger partial charge on any atom is -0.496 e. The van der Waals surface area contributed by atoms with E-state index < -0.39 is 12.7 Å². The van der Waals surface area contributed by atoms with Gasteiger partial charge in [-0.1, -0.05) is 13.0 Å². The zero-order valence-corrected chi connectivity index (χ0v) is 12.8. The highest BCUT2D eigenvalue weighted by Gasteiger charge is 2.29. The molecule has 0 unspecified atom stereocenters. The summed E-state index contributed by atoms with van der Waals surface area (Å²) in [5.41, 5.74) is 1.81. The van der Waals surface area contributed by atoms with Gasteiger partial charge in [-0.05, 0) is 37.7 Å². The van der Waals surface area contributed by atoms with Gasteiger partial charge < -0.3 is 10.1 Å². The molecule has 0 aliphatic heterocycles. The first-order valence-electron chi connectivity index (χ1n) is 6.97. The molecule has 0 heterocycles. The summed E-state index contributed by atoms with van der Waals surface area (Å²) in [5.74, 6) is 0.614. The number of methoxy groups -OCH3 is 1. The lowest BCUT2D eigenvalue weighted by Crippen LogP contribution is -2.30. The molecule has 3 nitrogen and oxygen atoms in total. The predicted molar refractivity (Wildman–Crippen MR) is 77.4 cm³/mol. The fraction of sp³-hybridized carbons (Fsp3) is 0.600. The summed E-state index contributed by atoms with van der Waals surface area (Å²) in [6.07, 6.45) is -3.15. The number of rotatable bonds is 8. The lowest BCUT2D eigenvalue weighted by atomic mass is 10.1. The van der Waals surface area contributed by atoms with Gasteiger partial charge in [0.15, 0.2) is 0 Å². The highest BCUT2D eigenvalue weighted by atomic mass is 19.4. The molecule has 21 heavy (non-hydrogen) atoms. The van der Waals surface area contributed by atoms with E-state index >= 15 is 0 Å². The van der Waals surface area contributed by atoms with Crippen molar-refractivity contribution < 1.29 is 17.9 Å². The Kier molecular flexibility index (Phi) is 6.98. The van der Waals surface area contributed by atoms with Crippen molar-refractivity contribution in [2.75, 3.05) is 27.2 Å². The van der Waals surface area contributed by atoms with Gasteiger partial charge >= 0.3 is 6.18 Å². The number of ether oxygens (including phenoxy) is 1. The van der Waals surface area contributed by atoms with Crippen molar-refractivity contribution in [1.82, 2.24) is 10.2 Å². The summed E-state index contributed by atoms with van der Waals surface area (Å²) >= 11 is 0. The van der Waals surface area contributed by atoms with Crippen LogP contribution in [-0.4, -0.2) is 38.3 Å². The van der Waals surface area contributed by atoms with Gasteiger partial charge in [0.25, 0.3) is 0 Å². The van der Waals surface area contributed by atoms with E-state index in [1.165, 1.54) is 19.1 Å². The van der Waals surface area contributed by atoms with Crippen LogP contribution in [0.5, 0.6) is 5.75 Å². The number of nitrogens with zero attached hydrogens (tertiary/aromatic N) is 1. The second-order valence-electron chi connectivity index (χ2n) is 5.11. The molecule has 0 saturated heterocycles. The predicted octanol–water partition coefficient (Wildman–Crippen LogP) is 3.19. The van der Waals surface area contributed by atoms with Crippen molar-refractivity contribution in [3.63, 3.8) is 0 Å². The average Bonchev–Trinajstić information content (AvgIpc) is 2.37. The number of benzene rings is 1. The van der Waals surface area contributed by atoms with E-state index in [2.05, 4.69) is 12.2 Å². The molecule has 6 heteroatoms. The highest BCUT2D eigenvalue weighted by molar-refractivity contribution is 5.37. The van der Waals surface area contributed by atoms with Crippen LogP contribution in [0.1, 0.15) is 24.5 Å². The summed E-state index contributed by atoms with van der Waals surface area (Å²) in [5, 5.41) is 3.27. The molecule has 0 aliphatic rings. The number of halogens is 3. The lowest BCUT2D eigenvalue weighted by molar-refractivity contribution is -0.144. The van der Waals surface area contributed by atoms with Gasteiger partial charge in [0.1, 0.15) is 5.75 Å². The molecular formula is C15H23F3N2O. The average molecular weight is 304 g/mol. The molecule has 120 valence electrons. The van der Waals surface area contributed by atoms with Crippen LogP contribution in [0.2, 0.25) is 0 Å². The second kappa shape index (κ2) is 8.24. The Hall–Kier alpha value is -1.27. The van der Waals surface area contributed by atoms with Crippen LogP contribution in [0, 0.1) is 0 Å². The molecular weight excluding hydrogens is 281 g/mol. The van der Waals surface area contributed by atoms with Gasteiger partial charge in [-0.15, -0.1) is 0 Å². The number of hydrogen-bond donors (Lipinski definition) is 1. The van der Waals surface area contributed by atoms with Crippen molar-refractivity contribution >= 4 is 0 Å². The molecule has 0 aliphatic carbocycles. The molecule has 0 bridgehead atoms. The topological polar surface area (TPSA) is 24.5 Å². The van der Waals surface area contributed by atoms with Crippen molar-refractivity contribution in [2.24, 2.45) is 0 Å². The van der Waals surface area contributed by atoms with Crippen LogP contribution < -0.4 is 10.1 Å². The molecule has 0 atom stereocenters. The van der Waals surface area contributed by atoms with Gasteiger partial charge in [-0.25, -0.2) is 0 Å². The Bertz CT molecular complexity index is 435. The van der Waals surface area contributed by atoms with E-state index in [9.17, 15) is 13.2 Å². The first-order valence-corrected chi connectivity index (χ1v) is 6.97. The third-order valence-corrected chi connectivity index (χ3v) is 2.99. The van der Waals surface area contributed by atoms with Crippen LogP contribution in [0.15, 0.2) is 18.2 Å². The third-order valence-electron chi connectivity index (χ3n) is 2.99. The number of alkyl halides is 3. The molecule has 0 amide bonds. The number of hydrogen-bond acceptors (Lipinski definition) is 3. The zero-order chi connectivity index (χ0) is 15.9. The van der Waals surface area contributed by atoms with Gasteiger partial charge in [0, 0.05) is 18.7 Å². The Balaban J connectivity index is 2.75. The zero-order valence-electron chi connectivity index (χ0n) is 12.8. The van der Waals surface area contributed by atoms with Crippen molar-refractivity contribution in [3.05, 3.63) is 29.3 Å². The van der Waals surface area contributed by atoms with E-state index in [-0.39, 0.29) is 6.54 Å². The summed E-state index contributed by atoms with van der Waals surface area (Å²) in [6.45, 7) is 2.96. The van der Waals surface area contributed by atoms with Crippen LogP contribution in [0.4, 0.5) is 13.2 Å². The maximum absolute atomic E-state index is 12.4. The summed E-state index contributed by atoms with van der Waals surface area (Å²) in [6, 6.07) is 5.63. The third kappa shape index (κ3) is 6.82. The maximum Gasteiger partial charge on any atom is 0.401 e. The van der Waals surface area contributed by atoms with Crippen molar-refractivity contribution in [3.8, 4) is 5.75 Å². The maximum atomic E-state index is 12.4. The molecule has 0 aromatic heterocycles. The summed E-state index contributed by atoms with van der Waals surface area (Å²) in [7, 11) is 2.98. The fourth-order valence-electron chi connectivity index (χ4n) is 2.13. The normalized spacial score (nSPS) is 12.0. The first-order chi connectivity index (χ1) is 9.85. The van der Waals surface area contributed by atoms with Crippen LogP contribution in [-0.2, 0) is 13.1 Å². The van der Waals surface area contributed by atoms with Gasteiger partial charge in [0.2, 0.25) is 0 Å².